The zero-order valence-electron chi connectivity index (χ0n) is 14.4. The molecule has 1 aromatic heterocycles. The first kappa shape index (κ1) is 18.4. The standard InChI is InChI=1S/C20H18BrNO4S/c21-13-7-5-12(6-8-13)18(23)16-17(15-4-2-10-27-15)22(20(25)19(16)24)11-14-3-1-9-26-14/h2,4-8,10,14,17,23H,1,3,9,11H2/b18-16+. The molecule has 1 amide bonds. The van der Waals surface area contributed by atoms with Crippen LogP contribution in [0.4, 0.5) is 0 Å². The molecule has 2 aliphatic rings. The molecular weight excluding hydrogens is 430 g/mol. The van der Waals surface area contributed by atoms with E-state index in [9.17, 15) is 14.7 Å². The number of rotatable bonds is 4. The van der Waals surface area contributed by atoms with Gasteiger partial charge in [-0.1, -0.05) is 34.1 Å². The van der Waals surface area contributed by atoms with Crippen LogP contribution in [0.2, 0.25) is 0 Å². The summed E-state index contributed by atoms with van der Waals surface area (Å²) in [6, 6.07) is 10.2. The SMILES string of the molecule is O=C1C(=O)N(CC2CCCO2)C(c2cccs2)/C1=C(\O)c1ccc(Br)cc1. The van der Waals surface area contributed by atoms with Gasteiger partial charge in [0.05, 0.1) is 17.7 Å². The van der Waals surface area contributed by atoms with E-state index in [1.807, 2.05) is 17.5 Å². The van der Waals surface area contributed by atoms with Crippen LogP contribution in [0.15, 0.2) is 51.8 Å². The molecule has 4 rings (SSSR count). The highest BCUT2D eigenvalue weighted by atomic mass is 79.9. The van der Waals surface area contributed by atoms with Crippen LogP contribution in [-0.2, 0) is 14.3 Å². The second-order valence-corrected chi connectivity index (χ2v) is 8.50. The fraction of sp³-hybridized carbons (Fsp3) is 0.300. The minimum absolute atomic E-state index is 0.0709. The number of benzene rings is 1. The van der Waals surface area contributed by atoms with Crippen LogP contribution in [0.25, 0.3) is 5.76 Å². The number of Topliss-reactive ketones (excluding diaryl/α,β-unsaturated/α-hetero) is 1. The molecule has 5 nitrogen and oxygen atoms in total. The summed E-state index contributed by atoms with van der Waals surface area (Å²) in [5.74, 6) is -1.37. The molecule has 2 aliphatic heterocycles. The van der Waals surface area contributed by atoms with E-state index < -0.39 is 17.7 Å². The van der Waals surface area contributed by atoms with Gasteiger partial charge in [-0.15, -0.1) is 11.3 Å². The molecule has 2 aromatic rings. The van der Waals surface area contributed by atoms with E-state index in [4.69, 9.17) is 4.74 Å². The van der Waals surface area contributed by atoms with Crippen molar-refractivity contribution >= 4 is 44.7 Å². The number of aliphatic hydroxyl groups is 1. The van der Waals surface area contributed by atoms with Crippen molar-refractivity contribution in [1.82, 2.24) is 4.90 Å². The first-order chi connectivity index (χ1) is 13.1. The zero-order valence-corrected chi connectivity index (χ0v) is 16.8. The molecule has 0 spiro atoms. The van der Waals surface area contributed by atoms with E-state index >= 15 is 0 Å². The molecule has 140 valence electrons. The lowest BCUT2D eigenvalue weighted by Crippen LogP contribution is -2.36. The molecule has 0 saturated carbocycles. The number of ketones is 1. The summed E-state index contributed by atoms with van der Waals surface area (Å²) in [5.41, 5.74) is 0.651. The van der Waals surface area contributed by atoms with Gasteiger partial charge in [-0.25, -0.2) is 0 Å². The second-order valence-electron chi connectivity index (χ2n) is 6.61. The lowest BCUT2D eigenvalue weighted by molar-refractivity contribution is -0.140. The Bertz CT molecular complexity index is 885. The Balaban J connectivity index is 1.78. The Kier molecular flexibility index (Phi) is 5.16. The number of aliphatic hydroxyl groups excluding tert-OH is 1. The summed E-state index contributed by atoms with van der Waals surface area (Å²) in [5, 5.41) is 12.8. The molecule has 7 heteroatoms. The number of hydrogen-bond acceptors (Lipinski definition) is 5. The van der Waals surface area contributed by atoms with E-state index in [0.717, 1.165) is 22.2 Å². The third-order valence-electron chi connectivity index (χ3n) is 4.89. The Morgan fingerprint density at radius 2 is 2.04 bits per heavy atom. The average molecular weight is 448 g/mol. The molecule has 27 heavy (non-hydrogen) atoms. The predicted molar refractivity (Wildman–Crippen MR) is 106 cm³/mol. The topological polar surface area (TPSA) is 66.8 Å². The molecule has 1 N–H and O–H groups in total. The fourth-order valence-electron chi connectivity index (χ4n) is 3.58. The van der Waals surface area contributed by atoms with Gasteiger partial charge in [-0.3, -0.25) is 9.59 Å². The van der Waals surface area contributed by atoms with Gasteiger partial charge in [0.25, 0.3) is 11.7 Å². The third kappa shape index (κ3) is 3.47. The third-order valence-corrected chi connectivity index (χ3v) is 6.35. The summed E-state index contributed by atoms with van der Waals surface area (Å²) in [6.07, 6.45) is 1.75. The molecule has 0 bridgehead atoms. The quantitative estimate of drug-likeness (QED) is 0.434. The molecular formula is C20H18BrNO4S. The van der Waals surface area contributed by atoms with E-state index in [0.29, 0.717) is 18.7 Å². The molecule has 3 heterocycles. The van der Waals surface area contributed by atoms with Crippen molar-refractivity contribution in [3.63, 3.8) is 0 Å². The van der Waals surface area contributed by atoms with Crippen LogP contribution in [-0.4, -0.2) is 41.0 Å². The number of hydrogen-bond donors (Lipinski definition) is 1. The molecule has 1 aromatic carbocycles. The number of carbonyl (C=O) groups is 2. The Morgan fingerprint density at radius 1 is 1.26 bits per heavy atom. The number of amides is 1. The Hall–Kier alpha value is -1.96. The van der Waals surface area contributed by atoms with Crippen molar-refractivity contribution < 1.29 is 19.4 Å². The minimum Gasteiger partial charge on any atom is -0.507 e. The van der Waals surface area contributed by atoms with E-state index in [-0.39, 0.29) is 17.4 Å². The highest BCUT2D eigenvalue weighted by Gasteiger charge is 2.47. The number of ether oxygens (including phenoxy) is 1. The maximum absolute atomic E-state index is 12.8. The Labute approximate surface area is 169 Å². The smallest absolute Gasteiger partial charge is 0.295 e. The van der Waals surface area contributed by atoms with Crippen molar-refractivity contribution in [2.45, 2.75) is 25.0 Å². The number of carbonyl (C=O) groups excluding carboxylic acids is 2. The first-order valence-corrected chi connectivity index (χ1v) is 10.4. The van der Waals surface area contributed by atoms with Gasteiger partial charge in [-0.05, 0) is 36.4 Å². The number of nitrogens with zero attached hydrogens (tertiary/aromatic N) is 1. The maximum Gasteiger partial charge on any atom is 0.295 e. The molecule has 2 fully saturated rings. The maximum atomic E-state index is 12.8. The molecule has 2 atom stereocenters. The van der Waals surface area contributed by atoms with Crippen molar-refractivity contribution in [2.24, 2.45) is 0 Å². The molecule has 2 saturated heterocycles. The second kappa shape index (κ2) is 7.58. The molecule has 2 unspecified atom stereocenters. The average Bonchev–Trinajstić information content (AvgIpc) is 3.40. The van der Waals surface area contributed by atoms with E-state index in [1.165, 1.54) is 11.3 Å². The van der Waals surface area contributed by atoms with Crippen molar-refractivity contribution in [2.75, 3.05) is 13.2 Å². The van der Waals surface area contributed by atoms with Gasteiger partial charge in [0, 0.05) is 28.1 Å². The minimum atomic E-state index is -0.646. The van der Waals surface area contributed by atoms with Gasteiger partial charge in [0.1, 0.15) is 5.76 Å². The van der Waals surface area contributed by atoms with Crippen molar-refractivity contribution in [1.29, 1.82) is 0 Å². The van der Waals surface area contributed by atoms with Crippen molar-refractivity contribution in [3.05, 3.63) is 62.3 Å². The van der Waals surface area contributed by atoms with Gasteiger partial charge in [0.15, 0.2) is 0 Å². The monoisotopic (exact) mass is 447 g/mol. The van der Waals surface area contributed by atoms with Crippen LogP contribution < -0.4 is 0 Å². The first-order valence-electron chi connectivity index (χ1n) is 8.75. The summed E-state index contributed by atoms with van der Waals surface area (Å²) >= 11 is 4.83. The fourth-order valence-corrected chi connectivity index (χ4v) is 4.69. The van der Waals surface area contributed by atoms with E-state index in [1.54, 1.807) is 29.2 Å². The summed E-state index contributed by atoms with van der Waals surface area (Å²) < 4.78 is 6.54. The summed E-state index contributed by atoms with van der Waals surface area (Å²) in [7, 11) is 0. The normalized spacial score (nSPS) is 24.7. The van der Waals surface area contributed by atoms with Gasteiger partial charge < -0.3 is 14.7 Å². The zero-order chi connectivity index (χ0) is 19.0. The van der Waals surface area contributed by atoms with Crippen LogP contribution in [0.3, 0.4) is 0 Å². The van der Waals surface area contributed by atoms with Crippen LogP contribution in [0, 0.1) is 0 Å². The van der Waals surface area contributed by atoms with Crippen molar-refractivity contribution in [3.8, 4) is 0 Å². The number of thiophene rings is 1. The van der Waals surface area contributed by atoms with Crippen LogP contribution >= 0.6 is 27.3 Å². The Morgan fingerprint density at radius 3 is 2.67 bits per heavy atom. The van der Waals surface area contributed by atoms with Gasteiger partial charge in [0.2, 0.25) is 0 Å². The number of halogens is 1. The predicted octanol–water partition coefficient (Wildman–Crippen LogP) is 4.11. The lowest BCUT2D eigenvalue weighted by atomic mass is 10.00. The molecule has 0 radical (unpaired) electrons. The summed E-state index contributed by atoms with van der Waals surface area (Å²) in [4.78, 5) is 28.0. The lowest BCUT2D eigenvalue weighted by Gasteiger charge is -2.26. The van der Waals surface area contributed by atoms with Gasteiger partial charge in [-0.2, -0.15) is 0 Å². The highest BCUT2D eigenvalue weighted by Crippen LogP contribution is 2.41. The largest absolute Gasteiger partial charge is 0.507 e. The van der Waals surface area contributed by atoms with Crippen LogP contribution in [0.1, 0.15) is 29.3 Å². The summed E-state index contributed by atoms with van der Waals surface area (Å²) in [6.45, 7) is 1.03. The highest BCUT2D eigenvalue weighted by molar-refractivity contribution is 9.10. The van der Waals surface area contributed by atoms with E-state index in [2.05, 4.69) is 15.9 Å². The van der Waals surface area contributed by atoms with Gasteiger partial charge >= 0.3 is 0 Å². The number of likely N-dealkylation sites (tertiary alicyclic amines) is 1. The van der Waals surface area contributed by atoms with Crippen LogP contribution in [0.5, 0.6) is 0 Å². The molecule has 0 aliphatic carbocycles.